The molecule has 6 heteroatoms. The van der Waals surface area contributed by atoms with Crippen LogP contribution in [0.15, 0.2) is 6.07 Å². The number of hydrogen-bond acceptors (Lipinski definition) is 3. The zero-order chi connectivity index (χ0) is 12.5. The van der Waals surface area contributed by atoms with Gasteiger partial charge in [-0.05, 0) is 31.7 Å². The molecule has 2 rings (SSSR count). The first kappa shape index (κ1) is 11.6. The Morgan fingerprint density at radius 2 is 2.29 bits per heavy atom. The first-order chi connectivity index (χ1) is 8.07. The molecule has 1 aliphatic rings. The number of carboxylic acids is 1. The zero-order valence-corrected chi connectivity index (χ0v) is 9.62. The highest BCUT2D eigenvalue weighted by molar-refractivity contribution is 5.96. The van der Waals surface area contributed by atoms with Crippen LogP contribution in [0.3, 0.4) is 0 Å². The molecule has 0 radical (unpaired) electrons. The molecule has 1 amide bonds. The van der Waals surface area contributed by atoms with Crippen molar-refractivity contribution in [3.05, 3.63) is 17.5 Å². The summed E-state index contributed by atoms with van der Waals surface area (Å²) in [6.45, 7) is 1.94. The largest absolute Gasteiger partial charge is 0.480 e. The van der Waals surface area contributed by atoms with Crippen LogP contribution in [-0.4, -0.2) is 32.7 Å². The van der Waals surface area contributed by atoms with Gasteiger partial charge in [-0.15, -0.1) is 0 Å². The van der Waals surface area contributed by atoms with Gasteiger partial charge in [0.1, 0.15) is 11.2 Å². The van der Waals surface area contributed by atoms with E-state index in [9.17, 15) is 9.59 Å². The minimum absolute atomic E-state index is 0.245. The van der Waals surface area contributed by atoms with E-state index in [4.69, 9.17) is 5.11 Å². The van der Waals surface area contributed by atoms with E-state index in [0.717, 1.165) is 18.5 Å². The smallest absolute Gasteiger partial charge is 0.329 e. The van der Waals surface area contributed by atoms with Crippen molar-refractivity contribution in [2.45, 2.75) is 38.1 Å². The fourth-order valence-electron chi connectivity index (χ4n) is 1.86. The number of aliphatic carboxylic acids is 1. The summed E-state index contributed by atoms with van der Waals surface area (Å²) in [4.78, 5) is 22.9. The van der Waals surface area contributed by atoms with Gasteiger partial charge in [0, 0.05) is 5.69 Å². The maximum Gasteiger partial charge on any atom is 0.329 e. The Morgan fingerprint density at radius 1 is 1.59 bits per heavy atom. The lowest BCUT2D eigenvalue weighted by molar-refractivity contribution is -0.148. The van der Waals surface area contributed by atoms with Gasteiger partial charge in [-0.2, -0.15) is 5.10 Å². The van der Waals surface area contributed by atoms with Crippen molar-refractivity contribution in [3.8, 4) is 0 Å². The Kier molecular flexibility index (Phi) is 2.87. The van der Waals surface area contributed by atoms with Gasteiger partial charge in [0.25, 0.3) is 5.91 Å². The number of aromatic nitrogens is 2. The van der Waals surface area contributed by atoms with Gasteiger partial charge in [-0.3, -0.25) is 9.89 Å². The number of carbonyl (C=O) groups is 2. The molecule has 92 valence electrons. The van der Waals surface area contributed by atoms with Gasteiger partial charge in [-0.25, -0.2) is 4.79 Å². The van der Waals surface area contributed by atoms with Crippen LogP contribution in [0, 0.1) is 0 Å². The Labute approximate surface area is 98.4 Å². The van der Waals surface area contributed by atoms with E-state index < -0.39 is 17.4 Å². The minimum Gasteiger partial charge on any atom is -0.480 e. The molecule has 0 saturated heterocycles. The maximum atomic E-state index is 11.8. The van der Waals surface area contributed by atoms with E-state index in [0.29, 0.717) is 12.8 Å². The van der Waals surface area contributed by atoms with Gasteiger partial charge in [0.2, 0.25) is 0 Å². The van der Waals surface area contributed by atoms with Crippen LogP contribution >= 0.6 is 0 Å². The molecule has 1 aliphatic carbocycles. The average molecular weight is 237 g/mol. The van der Waals surface area contributed by atoms with Crippen molar-refractivity contribution in [2.24, 2.45) is 0 Å². The highest BCUT2D eigenvalue weighted by atomic mass is 16.4. The molecule has 0 aromatic carbocycles. The predicted octanol–water partition coefficient (Wildman–Crippen LogP) is 0.709. The van der Waals surface area contributed by atoms with E-state index in [-0.39, 0.29) is 5.69 Å². The number of nitrogens with one attached hydrogen (secondary N) is 2. The number of H-pyrrole nitrogens is 1. The highest BCUT2D eigenvalue weighted by Gasteiger charge is 2.46. The van der Waals surface area contributed by atoms with Gasteiger partial charge in [-0.1, -0.05) is 6.92 Å². The number of amides is 1. The summed E-state index contributed by atoms with van der Waals surface area (Å²) in [5, 5.41) is 18.2. The Bertz CT molecular complexity index is 449. The molecule has 6 nitrogen and oxygen atoms in total. The number of aryl methyl sites for hydroxylation is 1. The summed E-state index contributed by atoms with van der Waals surface area (Å²) in [7, 11) is 0. The van der Waals surface area contributed by atoms with Gasteiger partial charge in [0.15, 0.2) is 0 Å². The highest BCUT2D eigenvalue weighted by Crippen LogP contribution is 2.32. The van der Waals surface area contributed by atoms with Crippen LogP contribution in [0.2, 0.25) is 0 Å². The molecule has 1 saturated carbocycles. The van der Waals surface area contributed by atoms with Crippen LogP contribution in [0.5, 0.6) is 0 Å². The lowest BCUT2D eigenvalue weighted by Gasteiger charge is -2.37. The predicted molar refractivity (Wildman–Crippen MR) is 59.6 cm³/mol. The van der Waals surface area contributed by atoms with Crippen LogP contribution in [0.25, 0.3) is 0 Å². The van der Waals surface area contributed by atoms with E-state index in [2.05, 4.69) is 15.5 Å². The monoisotopic (exact) mass is 237 g/mol. The first-order valence-corrected chi connectivity index (χ1v) is 5.67. The van der Waals surface area contributed by atoms with E-state index in [1.807, 2.05) is 6.92 Å². The Balaban J connectivity index is 2.08. The van der Waals surface area contributed by atoms with Crippen LogP contribution < -0.4 is 5.32 Å². The maximum absolute atomic E-state index is 11.8. The lowest BCUT2D eigenvalue weighted by Crippen LogP contribution is -2.59. The molecule has 0 aliphatic heterocycles. The minimum atomic E-state index is -1.08. The summed E-state index contributed by atoms with van der Waals surface area (Å²) >= 11 is 0. The third-order valence-corrected chi connectivity index (χ3v) is 3.21. The zero-order valence-electron chi connectivity index (χ0n) is 9.62. The summed E-state index contributed by atoms with van der Waals surface area (Å²) < 4.78 is 0. The summed E-state index contributed by atoms with van der Waals surface area (Å²) in [6, 6.07) is 1.64. The normalized spacial score (nSPS) is 17.2. The van der Waals surface area contributed by atoms with Crippen molar-refractivity contribution in [1.29, 1.82) is 0 Å². The first-order valence-electron chi connectivity index (χ1n) is 5.67. The topological polar surface area (TPSA) is 95.1 Å². The van der Waals surface area contributed by atoms with E-state index in [1.54, 1.807) is 6.07 Å². The molecule has 17 heavy (non-hydrogen) atoms. The summed E-state index contributed by atoms with van der Waals surface area (Å²) in [6.07, 6.45) is 2.55. The fourth-order valence-corrected chi connectivity index (χ4v) is 1.86. The number of carboxylic acid groups (broad SMARTS) is 1. The number of rotatable bonds is 4. The fraction of sp³-hybridized carbons (Fsp3) is 0.545. The molecular weight excluding hydrogens is 222 g/mol. The van der Waals surface area contributed by atoms with Gasteiger partial charge < -0.3 is 10.4 Å². The molecule has 1 fully saturated rings. The molecule has 1 heterocycles. The molecule has 1 aromatic rings. The molecule has 0 spiro atoms. The quantitative estimate of drug-likeness (QED) is 0.718. The van der Waals surface area contributed by atoms with Crippen LogP contribution in [-0.2, 0) is 11.2 Å². The average Bonchev–Trinajstić information content (AvgIpc) is 2.71. The molecule has 3 N–H and O–H groups in total. The van der Waals surface area contributed by atoms with Crippen molar-refractivity contribution in [2.75, 3.05) is 0 Å². The SMILES string of the molecule is CCc1cc(C(=O)NC2(C(=O)O)CCC2)n[nH]1. The van der Waals surface area contributed by atoms with Crippen LogP contribution in [0.1, 0.15) is 42.4 Å². The molecule has 0 unspecified atom stereocenters. The van der Waals surface area contributed by atoms with E-state index >= 15 is 0 Å². The van der Waals surface area contributed by atoms with Crippen molar-refractivity contribution in [3.63, 3.8) is 0 Å². The number of nitrogens with zero attached hydrogens (tertiary/aromatic N) is 1. The molecule has 0 bridgehead atoms. The number of aromatic amines is 1. The number of carbonyl (C=O) groups excluding carboxylic acids is 1. The van der Waals surface area contributed by atoms with Gasteiger partial charge >= 0.3 is 5.97 Å². The third-order valence-electron chi connectivity index (χ3n) is 3.21. The van der Waals surface area contributed by atoms with Crippen molar-refractivity contribution < 1.29 is 14.7 Å². The molecule has 0 atom stereocenters. The molecule has 1 aromatic heterocycles. The van der Waals surface area contributed by atoms with Crippen molar-refractivity contribution in [1.82, 2.24) is 15.5 Å². The van der Waals surface area contributed by atoms with Gasteiger partial charge in [0.05, 0.1) is 0 Å². The van der Waals surface area contributed by atoms with Crippen LogP contribution in [0.4, 0.5) is 0 Å². The summed E-state index contributed by atoms with van der Waals surface area (Å²) in [5.74, 6) is -1.40. The summed E-state index contributed by atoms with van der Waals surface area (Å²) in [5.41, 5.74) is 0.0186. The van der Waals surface area contributed by atoms with Crippen molar-refractivity contribution >= 4 is 11.9 Å². The number of hydrogen-bond donors (Lipinski definition) is 3. The second-order valence-corrected chi connectivity index (χ2v) is 4.33. The standard InChI is InChI=1S/C11H15N3O3/c1-2-7-6-8(14-13-7)9(15)12-11(10(16)17)4-3-5-11/h6H,2-5H2,1H3,(H,12,15)(H,13,14)(H,16,17). The Hall–Kier alpha value is -1.85. The lowest BCUT2D eigenvalue weighted by atomic mass is 9.76. The third kappa shape index (κ3) is 2.02. The second kappa shape index (κ2) is 4.20. The molecular formula is C11H15N3O3. The van der Waals surface area contributed by atoms with E-state index in [1.165, 1.54) is 0 Å². The second-order valence-electron chi connectivity index (χ2n) is 4.33. The Morgan fingerprint density at radius 3 is 2.71 bits per heavy atom.